The summed E-state index contributed by atoms with van der Waals surface area (Å²) in [6.45, 7) is 0.948. The van der Waals surface area contributed by atoms with E-state index in [0.717, 1.165) is 6.54 Å². The van der Waals surface area contributed by atoms with E-state index in [1.165, 1.54) is 56.2 Å². The van der Waals surface area contributed by atoms with Gasteiger partial charge in [0.2, 0.25) is 0 Å². The Bertz CT molecular complexity index is 657. The molecule has 2 aliphatic carbocycles. The van der Waals surface area contributed by atoms with Crippen molar-refractivity contribution in [2.24, 2.45) is 0 Å². The molecule has 0 radical (unpaired) electrons. The first-order chi connectivity index (χ1) is 10.4. The van der Waals surface area contributed by atoms with Crippen LogP contribution in [0.5, 0.6) is 0 Å². The smallest absolute Gasteiger partial charge is 0.0400 e. The zero-order chi connectivity index (χ0) is 14.1. The molecule has 0 saturated carbocycles. The van der Waals surface area contributed by atoms with Crippen LogP contribution in [0, 0.1) is 0 Å². The van der Waals surface area contributed by atoms with Crippen LogP contribution in [0.2, 0.25) is 0 Å². The standard InChI is InChI=1S/C20H23N/c1-2-9-19-17(5-1)7-4-10-20(19)21-14-15-11-12-16-6-3-8-18(16)13-15/h4,7,10-13,21H,1-3,5-6,8-9,14H2. The minimum atomic E-state index is 0.948. The molecule has 0 aromatic heterocycles. The number of aryl methyl sites for hydroxylation is 3. The molecule has 2 aromatic rings. The second-order valence-electron chi connectivity index (χ2n) is 6.46. The average Bonchev–Trinajstić information content (AvgIpc) is 3.00. The van der Waals surface area contributed by atoms with Gasteiger partial charge in [0, 0.05) is 12.2 Å². The van der Waals surface area contributed by atoms with Gasteiger partial charge >= 0.3 is 0 Å². The Labute approximate surface area is 127 Å². The van der Waals surface area contributed by atoms with Crippen molar-refractivity contribution in [3.8, 4) is 0 Å². The fraction of sp³-hybridized carbons (Fsp3) is 0.400. The molecule has 0 saturated heterocycles. The number of rotatable bonds is 3. The molecule has 4 rings (SSSR count). The van der Waals surface area contributed by atoms with E-state index in [-0.39, 0.29) is 0 Å². The van der Waals surface area contributed by atoms with E-state index in [0.29, 0.717) is 0 Å². The van der Waals surface area contributed by atoms with Crippen LogP contribution >= 0.6 is 0 Å². The minimum absolute atomic E-state index is 0.948. The zero-order valence-corrected chi connectivity index (χ0v) is 12.6. The van der Waals surface area contributed by atoms with Crippen LogP contribution in [-0.2, 0) is 32.2 Å². The Morgan fingerprint density at radius 3 is 2.62 bits per heavy atom. The second kappa shape index (κ2) is 5.55. The maximum Gasteiger partial charge on any atom is 0.0400 e. The predicted molar refractivity (Wildman–Crippen MR) is 88.9 cm³/mol. The van der Waals surface area contributed by atoms with Gasteiger partial charge in [0.25, 0.3) is 0 Å². The van der Waals surface area contributed by atoms with Gasteiger partial charge in [0.15, 0.2) is 0 Å². The summed E-state index contributed by atoms with van der Waals surface area (Å²) >= 11 is 0. The van der Waals surface area contributed by atoms with Crippen molar-refractivity contribution >= 4 is 5.69 Å². The maximum atomic E-state index is 3.68. The number of hydrogen-bond donors (Lipinski definition) is 1. The van der Waals surface area contributed by atoms with E-state index in [4.69, 9.17) is 0 Å². The molecule has 0 aliphatic heterocycles. The molecule has 2 aliphatic rings. The Kier molecular flexibility index (Phi) is 3.42. The van der Waals surface area contributed by atoms with E-state index in [1.54, 1.807) is 22.3 Å². The number of fused-ring (bicyclic) bond motifs is 2. The van der Waals surface area contributed by atoms with Gasteiger partial charge in [-0.1, -0.05) is 30.3 Å². The molecule has 21 heavy (non-hydrogen) atoms. The molecule has 0 amide bonds. The molecule has 0 unspecified atom stereocenters. The molecular formula is C20H23N. The van der Waals surface area contributed by atoms with Crippen molar-refractivity contribution in [2.45, 2.75) is 51.5 Å². The highest BCUT2D eigenvalue weighted by Gasteiger charge is 2.13. The maximum absolute atomic E-state index is 3.68. The lowest BCUT2D eigenvalue weighted by Gasteiger charge is -2.20. The Morgan fingerprint density at radius 1 is 0.762 bits per heavy atom. The van der Waals surface area contributed by atoms with E-state index >= 15 is 0 Å². The number of hydrogen-bond acceptors (Lipinski definition) is 1. The van der Waals surface area contributed by atoms with Gasteiger partial charge in [0.1, 0.15) is 0 Å². The molecule has 0 fully saturated rings. The summed E-state index contributed by atoms with van der Waals surface area (Å²) in [5, 5.41) is 3.68. The highest BCUT2D eigenvalue weighted by atomic mass is 14.9. The summed E-state index contributed by atoms with van der Waals surface area (Å²) in [4.78, 5) is 0. The minimum Gasteiger partial charge on any atom is -0.381 e. The molecule has 0 bridgehead atoms. The summed E-state index contributed by atoms with van der Waals surface area (Å²) in [5.74, 6) is 0. The van der Waals surface area contributed by atoms with Gasteiger partial charge in [-0.15, -0.1) is 0 Å². The van der Waals surface area contributed by atoms with Crippen LogP contribution in [0.1, 0.15) is 47.1 Å². The summed E-state index contributed by atoms with van der Waals surface area (Å²) in [6, 6.07) is 13.8. The Balaban J connectivity index is 1.52. The molecule has 1 heteroatoms. The fourth-order valence-corrected chi connectivity index (χ4v) is 3.88. The molecular weight excluding hydrogens is 254 g/mol. The van der Waals surface area contributed by atoms with E-state index in [2.05, 4.69) is 41.7 Å². The highest BCUT2D eigenvalue weighted by molar-refractivity contribution is 5.56. The molecule has 1 nitrogen and oxygen atoms in total. The third-order valence-corrected chi connectivity index (χ3v) is 5.04. The van der Waals surface area contributed by atoms with Crippen molar-refractivity contribution in [1.82, 2.24) is 0 Å². The van der Waals surface area contributed by atoms with Crippen LogP contribution in [-0.4, -0.2) is 0 Å². The topological polar surface area (TPSA) is 12.0 Å². The number of benzene rings is 2. The van der Waals surface area contributed by atoms with Crippen molar-refractivity contribution in [3.63, 3.8) is 0 Å². The first-order valence-corrected chi connectivity index (χ1v) is 8.35. The van der Waals surface area contributed by atoms with Gasteiger partial charge in [-0.2, -0.15) is 0 Å². The van der Waals surface area contributed by atoms with Crippen LogP contribution in [0.25, 0.3) is 0 Å². The van der Waals surface area contributed by atoms with Gasteiger partial charge < -0.3 is 5.32 Å². The lowest BCUT2D eigenvalue weighted by Crippen LogP contribution is -2.08. The summed E-state index contributed by atoms with van der Waals surface area (Å²) < 4.78 is 0. The number of anilines is 1. The lowest BCUT2D eigenvalue weighted by atomic mass is 9.90. The van der Waals surface area contributed by atoms with Crippen LogP contribution in [0.3, 0.4) is 0 Å². The summed E-state index contributed by atoms with van der Waals surface area (Å²) in [5.41, 5.74) is 9.03. The first kappa shape index (κ1) is 12.9. The monoisotopic (exact) mass is 277 g/mol. The highest BCUT2D eigenvalue weighted by Crippen LogP contribution is 2.28. The van der Waals surface area contributed by atoms with E-state index in [9.17, 15) is 0 Å². The van der Waals surface area contributed by atoms with E-state index in [1.807, 2.05) is 0 Å². The normalized spacial score (nSPS) is 16.4. The molecule has 0 heterocycles. The predicted octanol–water partition coefficient (Wildman–Crippen LogP) is 4.67. The molecule has 0 atom stereocenters. The van der Waals surface area contributed by atoms with Gasteiger partial charge in [-0.25, -0.2) is 0 Å². The number of nitrogens with one attached hydrogen (secondary N) is 1. The summed E-state index contributed by atoms with van der Waals surface area (Å²) in [6.07, 6.45) is 9.05. The van der Waals surface area contributed by atoms with Crippen molar-refractivity contribution < 1.29 is 0 Å². The summed E-state index contributed by atoms with van der Waals surface area (Å²) in [7, 11) is 0. The molecule has 108 valence electrons. The van der Waals surface area contributed by atoms with Crippen molar-refractivity contribution in [3.05, 3.63) is 64.2 Å². The average molecular weight is 277 g/mol. The third kappa shape index (κ3) is 2.57. The second-order valence-corrected chi connectivity index (χ2v) is 6.46. The van der Waals surface area contributed by atoms with Crippen molar-refractivity contribution in [2.75, 3.05) is 5.32 Å². The van der Waals surface area contributed by atoms with Gasteiger partial charge in [-0.3, -0.25) is 0 Å². The van der Waals surface area contributed by atoms with Crippen LogP contribution in [0.4, 0.5) is 5.69 Å². The fourth-order valence-electron chi connectivity index (χ4n) is 3.88. The SMILES string of the molecule is c1cc2c(c(NCc3ccc4c(c3)CCC4)c1)CCCC2. The Hall–Kier alpha value is -1.76. The molecule has 1 N–H and O–H groups in total. The van der Waals surface area contributed by atoms with Gasteiger partial charge in [-0.05, 0) is 78.8 Å². The van der Waals surface area contributed by atoms with Gasteiger partial charge in [0.05, 0.1) is 0 Å². The van der Waals surface area contributed by atoms with Crippen molar-refractivity contribution in [1.29, 1.82) is 0 Å². The first-order valence-electron chi connectivity index (χ1n) is 8.35. The Morgan fingerprint density at radius 2 is 1.62 bits per heavy atom. The molecule has 2 aromatic carbocycles. The zero-order valence-electron chi connectivity index (χ0n) is 12.6. The van der Waals surface area contributed by atoms with E-state index < -0.39 is 0 Å². The van der Waals surface area contributed by atoms with Crippen LogP contribution in [0.15, 0.2) is 36.4 Å². The lowest BCUT2D eigenvalue weighted by molar-refractivity contribution is 0.686. The third-order valence-electron chi connectivity index (χ3n) is 5.04. The van der Waals surface area contributed by atoms with Crippen LogP contribution < -0.4 is 5.32 Å². The molecule has 0 spiro atoms. The quantitative estimate of drug-likeness (QED) is 0.860. The largest absolute Gasteiger partial charge is 0.381 e.